The third kappa shape index (κ3) is 3.60. The summed E-state index contributed by atoms with van der Waals surface area (Å²) in [7, 11) is 1.73. The van der Waals surface area contributed by atoms with Crippen molar-refractivity contribution in [3.05, 3.63) is 48.3 Å². The lowest BCUT2D eigenvalue weighted by molar-refractivity contribution is 0.416. The number of nitrogens with one attached hydrogen (secondary N) is 2. The van der Waals surface area contributed by atoms with Gasteiger partial charge in [-0.15, -0.1) is 0 Å². The van der Waals surface area contributed by atoms with Crippen LogP contribution >= 0.6 is 0 Å². The Morgan fingerprint density at radius 2 is 1.85 bits per heavy atom. The van der Waals surface area contributed by atoms with Crippen LogP contribution in [0.5, 0.6) is 5.75 Å². The zero-order chi connectivity index (χ0) is 18.2. The molecular formula is C22H24N4O. The summed E-state index contributed by atoms with van der Waals surface area (Å²) < 4.78 is 5.64. The molecule has 0 bridgehead atoms. The van der Waals surface area contributed by atoms with Crippen LogP contribution in [-0.4, -0.2) is 29.2 Å². The van der Waals surface area contributed by atoms with Gasteiger partial charge in [0.1, 0.15) is 17.9 Å². The Kier molecular flexibility index (Phi) is 4.17. The predicted octanol–water partition coefficient (Wildman–Crippen LogP) is 4.13. The summed E-state index contributed by atoms with van der Waals surface area (Å²) in [6.45, 7) is 0.896. The van der Waals surface area contributed by atoms with E-state index < -0.39 is 0 Å². The molecule has 1 aromatic heterocycles. The molecule has 3 aromatic rings. The van der Waals surface area contributed by atoms with Gasteiger partial charge in [0.25, 0.3) is 0 Å². The molecular weight excluding hydrogens is 336 g/mol. The maximum atomic E-state index is 5.64. The quantitative estimate of drug-likeness (QED) is 0.663. The minimum Gasteiger partial charge on any atom is -0.496 e. The first-order chi connectivity index (χ1) is 13.3. The highest BCUT2D eigenvalue weighted by Gasteiger charge is 2.23. The topological polar surface area (TPSA) is 59.1 Å². The summed E-state index contributed by atoms with van der Waals surface area (Å²) in [5, 5.41) is 8.17. The lowest BCUT2D eigenvalue weighted by atomic mass is 10.00. The molecule has 0 amide bonds. The number of hydrogen-bond acceptors (Lipinski definition) is 5. The zero-order valence-corrected chi connectivity index (χ0v) is 15.5. The molecule has 2 saturated carbocycles. The highest BCUT2D eigenvalue weighted by atomic mass is 16.5. The molecule has 0 atom stereocenters. The Labute approximate surface area is 159 Å². The molecule has 2 fully saturated rings. The van der Waals surface area contributed by atoms with E-state index in [0.29, 0.717) is 12.1 Å². The van der Waals surface area contributed by atoms with Gasteiger partial charge in [0, 0.05) is 29.6 Å². The first kappa shape index (κ1) is 16.5. The van der Waals surface area contributed by atoms with Crippen LogP contribution in [0.3, 0.4) is 0 Å². The van der Waals surface area contributed by atoms with E-state index >= 15 is 0 Å². The predicted molar refractivity (Wildman–Crippen MR) is 108 cm³/mol. The SMILES string of the molecule is COc1ccc(CNC2CC2)cc1-c1ccc2ncnc(NC3CC3)c2c1. The van der Waals surface area contributed by atoms with Gasteiger partial charge in [-0.3, -0.25) is 0 Å². The van der Waals surface area contributed by atoms with Gasteiger partial charge in [-0.1, -0.05) is 12.1 Å². The minimum absolute atomic E-state index is 0.554. The van der Waals surface area contributed by atoms with E-state index in [2.05, 4.69) is 57.0 Å². The standard InChI is InChI=1S/C22H24N4O/c1-27-21-9-2-14(12-23-16-4-5-16)10-18(21)15-3-8-20-19(11-15)22(25-13-24-20)26-17-6-7-17/h2-3,8-11,13,16-17,23H,4-7,12H2,1H3,(H,24,25,26). The first-order valence-corrected chi connectivity index (χ1v) is 9.72. The van der Waals surface area contributed by atoms with Gasteiger partial charge in [0.2, 0.25) is 0 Å². The normalized spacial score (nSPS) is 16.5. The fourth-order valence-electron chi connectivity index (χ4n) is 3.40. The van der Waals surface area contributed by atoms with Crippen molar-refractivity contribution in [2.45, 2.75) is 44.3 Å². The number of rotatable bonds is 7. The lowest BCUT2D eigenvalue weighted by Gasteiger charge is -2.13. The largest absolute Gasteiger partial charge is 0.496 e. The lowest BCUT2D eigenvalue weighted by Crippen LogP contribution is -2.15. The summed E-state index contributed by atoms with van der Waals surface area (Å²) in [6, 6.07) is 14.0. The molecule has 0 radical (unpaired) electrons. The molecule has 2 N–H and O–H groups in total. The number of aromatic nitrogens is 2. The van der Waals surface area contributed by atoms with Gasteiger partial charge < -0.3 is 15.4 Å². The average molecular weight is 360 g/mol. The van der Waals surface area contributed by atoms with Crippen LogP contribution in [0, 0.1) is 0 Å². The molecule has 138 valence electrons. The second kappa shape index (κ2) is 6.82. The van der Waals surface area contributed by atoms with Gasteiger partial charge >= 0.3 is 0 Å². The second-order valence-electron chi connectivity index (χ2n) is 7.56. The Balaban J connectivity index is 1.53. The zero-order valence-electron chi connectivity index (χ0n) is 15.5. The Bertz CT molecular complexity index is 979. The monoisotopic (exact) mass is 360 g/mol. The van der Waals surface area contributed by atoms with Crippen molar-refractivity contribution in [3.8, 4) is 16.9 Å². The molecule has 2 aliphatic carbocycles. The van der Waals surface area contributed by atoms with Gasteiger partial charge in [0.15, 0.2) is 0 Å². The fraction of sp³-hybridized carbons (Fsp3) is 0.364. The summed E-state index contributed by atoms with van der Waals surface area (Å²) in [6.07, 6.45) is 6.66. The molecule has 5 rings (SSSR count). The minimum atomic E-state index is 0.554. The number of methoxy groups -OCH3 is 1. The smallest absolute Gasteiger partial charge is 0.137 e. The summed E-state index contributed by atoms with van der Waals surface area (Å²) >= 11 is 0. The summed E-state index contributed by atoms with van der Waals surface area (Å²) in [5.74, 6) is 1.81. The Morgan fingerprint density at radius 1 is 1.00 bits per heavy atom. The molecule has 1 heterocycles. The molecule has 0 unspecified atom stereocenters. The Morgan fingerprint density at radius 3 is 2.63 bits per heavy atom. The number of ether oxygens (including phenoxy) is 1. The van der Waals surface area contributed by atoms with E-state index in [1.165, 1.54) is 31.2 Å². The van der Waals surface area contributed by atoms with Crippen molar-refractivity contribution in [1.82, 2.24) is 15.3 Å². The van der Waals surface area contributed by atoms with Crippen LogP contribution in [0.15, 0.2) is 42.7 Å². The van der Waals surface area contributed by atoms with Crippen LogP contribution in [0.25, 0.3) is 22.0 Å². The first-order valence-electron chi connectivity index (χ1n) is 9.72. The fourth-order valence-corrected chi connectivity index (χ4v) is 3.40. The van der Waals surface area contributed by atoms with Crippen LogP contribution < -0.4 is 15.4 Å². The maximum Gasteiger partial charge on any atom is 0.137 e. The number of anilines is 1. The third-order valence-corrected chi connectivity index (χ3v) is 5.30. The highest BCUT2D eigenvalue weighted by molar-refractivity contribution is 5.93. The second-order valence-corrected chi connectivity index (χ2v) is 7.56. The van der Waals surface area contributed by atoms with E-state index in [1.54, 1.807) is 13.4 Å². The van der Waals surface area contributed by atoms with Crippen LogP contribution in [-0.2, 0) is 6.54 Å². The van der Waals surface area contributed by atoms with Gasteiger partial charge in [-0.05, 0) is 61.1 Å². The van der Waals surface area contributed by atoms with E-state index in [9.17, 15) is 0 Å². The molecule has 5 nitrogen and oxygen atoms in total. The van der Waals surface area contributed by atoms with E-state index in [4.69, 9.17) is 4.74 Å². The summed E-state index contributed by atoms with van der Waals surface area (Å²) in [4.78, 5) is 8.90. The summed E-state index contributed by atoms with van der Waals surface area (Å²) in [5.41, 5.74) is 4.47. The van der Waals surface area contributed by atoms with Gasteiger partial charge in [-0.2, -0.15) is 0 Å². The highest BCUT2D eigenvalue weighted by Crippen LogP contribution is 2.35. The molecule has 27 heavy (non-hydrogen) atoms. The van der Waals surface area contributed by atoms with Gasteiger partial charge in [-0.25, -0.2) is 9.97 Å². The van der Waals surface area contributed by atoms with Crippen molar-refractivity contribution in [2.24, 2.45) is 0 Å². The molecule has 2 aliphatic rings. The van der Waals surface area contributed by atoms with Crippen molar-refractivity contribution < 1.29 is 4.74 Å². The third-order valence-electron chi connectivity index (χ3n) is 5.30. The maximum absolute atomic E-state index is 5.64. The molecule has 0 saturated heterocycles. The number of hydrogen-bond donors (Lipinski definition) is 2. The van der Waals surface area contributed by atoms with E-state index in [1.807, 2.05) is 0 Å². The van der Waals surface area contributed by atoms with Crippen molar-refractivity contribution in [1.29, 1.82) is 0 Å². The van der Waals surface area contributed by atoms with Crippen LogP contribution in [0.4, 0.5) is 5.82 Å². The molecule has 0 aliphatic heterocycles. The molecule has 2 aromatic carbocycles. The van der Waals surface area contributed by atoms with E-state index in [-0.39, 0.29) is 0 Å². The Hall–Kier alpha value is -2.66. The van der Waals surface area contributed by atoms with Crippen LogP contribution in [0.1, 0.15) is 31.2 Å². The van der Waals surface area contributed by atoms with Crippen molar-refractivity contribution in [3.63, 3.8) is 0 Å². The number of fused-ring (bicyclic) bond motifs is 1. The molecule has 5 heteroatoms. The van der Waals surface area contributed by atoms with Crippen molar-refractivity contribution >= 4 is 16.7 Å². The van der Waals surface area contributed by atoms with Crippen molar-refractivity contribution in [2.75, 3.05) is 12.4 Å². The average Bonchev–Trinajstić information content (AvgIpc) is 3.61. The van der Waals surface area contributed by atoms with Crippen LogP contribution in [0.2, 0.25) is 0 Å². The van der Waals surface area contributed by atoms with Gasteiger partial charge in [0.05, 0.1) is 12.6 Å². The number of benzene rings is 2. The number of nitrogens with zero attached hydrogens (tertiary/aromatic N) is 2. The molecule has 0 spiro atoms. The van der Waals surface area contributed by atoms with E-state index in [0.717, 1.165) is 40.1 Å².